The van der Waals surface area contributed by atoms with Crippen LogP contribution in [0.3, 0.4) is 0 Å². The summed E-state index contributed by atoms with van der Waals surface area (Å²) in [7, 11) is 0. The van der Waals surface area contributed by atoms with Crippen LogP contribution in [0.25, 0.3) is 11.0 Å². The summed E-state index contributed by atoms with van der Waals surface area (Å²) in [6.07, 6.45) is -0.291. The number of Topliss-reactive ketones (excluding diaryl/α,β-unsaturated/α-hetero) is 1. The van der Waals surface area contributed by atoms with Crippen molar-refractivity contribution in [3.63, 3.8) is 0 Å². The highest BCUT2D eigenvalue weighted by molar-refractivity contribution is 9.10. The zero-order chi connectivity index (χ0) is 13.3. The van der Waals surface area contributed by atoms with Crippen LogP contribution in [0.1, 0.15) is 16.8 Å². The highest BCUT2D eigenvalue weighted by atomic mass is 79.9. The lowest BCUT2D eigenvalue weighted by Gasteiger charge is -2.05. The van der Waals surface area contributed by atoms with Crippen molar-refractivity contribution in [2.75, 3.05) is 0 Å². The Morgan fingerprint density at radius 2 is 1.94 bits per heavy atom. The minimum Gasteiger partial charge on any atom is -0.481 e. The molecule has 1 heterocycles. The highest BCUT2D eigenvalue weighted by Gasteiger charge is 2.20. The zero-order valence-corrected chi connectivity index (χ0v) is 10.7. The van der Waals surface area contributed by atoms with Gasteiger partial charge >= 0.3 is 11.7 Å². The average Bonchev–Trinajstić information content (AvgIpc) is 2.65. The van der Waals surface area contributed by atoms with Gasteiger partial charge < -0.3 is 15.1 Å². The molecule has 7 heteroatoms. The van der Waals surface area contributed by atoms with Crippen molar-refractivity contribution < 1.29 is 14.7 Å². The maximum Gasteiger partial charge on any atom is 0.323 e. The number of fused-ring (bicyclic) bond motifs is 1. The number of H-pyrrole nitrogens is 2. The molecule has 94 valence electrons. The van der Waals surface area contributed by atoms with Gasteiger partial charge in [0.1, 0.15) is 0 Å². The molecule has 2 rings (SSSR count). The van der Waals surface area contributed by atoms with Crippen molar-refractivity contribution in [2.45, 2.75) is 11.2 Å². The van der Waals surface area contributed by atoms with Crippen LogP contribution in [0.2, 0.25) is 0 Å². The van der Waals surface area contributed by atoms with Crippen molar-refractivity contribution in [3.8, 4) is 0 Å². The first-order valence-corrected chi connectivity index (χ1v) is 6.01. The van der Waals surface area contributed by atoms with Gasteiger partial charge in [0.2, 0.25) is 0 Å². The van der Waals surface area contributed by atoms with Gasteiger partial charge in [0.15, 0.2) is 5.78 Å². The van der Waals surface area contributed by atoms with E-state index in [1.54, 1.807) is 12.1 Å². The summed E-state index contributed by atoms with van der Waals surface area (Å²) in [5.41, 5.74) is 1.11. The monoisotopic (exact) mass is 312 g/mol. The van der Waals surface area contributed by atoms with Gasteiger partial charge in [-0.3, -0.25) is 9.59 Å². The van der Waals surface area contributed by atoms with Crippen molar-refractivity contribution >= 4 is 38.7 Å². The molecule has 6 nitrogen and oxygen atoms in total. The number of benzene rings is 1. The van der Waals surface area contributed by atoms with Gasteiger partial charge in [0.25, 0.3) is 0 Å². The molecular formula is C11H9BrN2O4. The number of carbonyl (C=O) groups excluding carboxylic acids is 1. The third-order valence-corrected chi connectivity index (χ3v) is 3.18. The molecule has 0 bridgehead atoms. The first kappa shape index (κ1) is 12.6. The number of hydrogen-bond donors (Lipinski definition) is 3. The summed E-state index contributed by atoms with van der Waals surface area (Å²) >= 11 is 3.04. The Labute approximate surface area is 109 Å². The normalized spacial score (nSPS) is 12.5. The molecule has 0 saturated carbocycles. The Morgan fingerprint density at radius 1 is 1.28 bits per heavy atom. The van der Waals surface area contributed by atoms with Gasteiger partial charge in [-0.05, 0) is 18.2 Å². The minimum absolute atomic E-state index is 0.291. The van der Waals surface area contributed by atoms with Crippen LogP contribution in [0.5, 0.6) is 0 Å². The Bertz CT molecular complexity index is 673. The third-order valence-electron chi connectivity index (χ3n) is 2.44. The number of alkyl halides is 1. The van der Waals surface area contributed by atoms with Gasteiger partial charge in [-0.1, -0.05) is 15.9 Å². The summed E-state index contributed by atoms with van der Waals surface area (Å²) in [5.74, 6) is -1.39. The molecule has 0 amide bonds. The number of halogens is 1. The van der Waals surface area contributed by atoms with Crippen molar-refractivity contribution in [1.82, 2.24) is 9.97 Å². The number of carboxylic acids is 1. The van der Waals surface area contributed by atoms with E-state index in [1.807, 2.05) is 0 Å². The summed E-state index contributed by atoms with van der Waals surface area (Å²) < 4.78 is 0. The molecular weight excluding hydrogens is 304 g/mol. The van der Waals surface area contributed by atoms with Gasteiger partial charge in [-0.25, -0.2) is 4.79 Å². The summed E-state index contributed by atoms with van der Waals surface area (Å²) in [6.45, 7) is 0. The third kappa shape index (κ3) is 2.51. The van der Waals surface area contributed by atoms with E-state index >= 15 is 0 Å². The number of ketones is 1. The van der Waals surface area contributed by atoms with Crippen LogP contribution in [0.15, 0.2) is 23.0 Å². The van der Waals surface area contributed by atoms with Crippen molar-refractivity contribution in [3.05, 3.63) is 34.2 Å². The SMILES string of the molecule is O=C(O)CC(Br)C(=O)c1ccc2[nH]c(=O)[nH]c2c1. The predicted molar refractivity (Wildman–Crippen MR) is 68.2 cm³/mol. The second kappa shape index (κ2) is 4.77. The lowest BCUT2D eigenvalue weighted by molar-refractivity contribution is -0.136. The molecule has 1 aromatic heterocycles. The molecule has 3 N–H and O–H groups in total. The number of rotatable bonds is 4. The second-order valence-electron chi connectivity index (χ2n) is 3.77. The maximum absolute atomic E-state index is 11.9. The molecule has 1 atom stereocenters. The van der Waals surface area contributed by atoms with Gasteiger partial charge in [-0.2, -0.15) is 0 Å². The molecule has 0 fully saturated rings. The minimum atomic E-state index is -1.05. The van der Waals surface area contributed by atoms with E-state index in [-0.39, 0.29) is 17.9 Å². The van der Waals surface area contributed by atoms with E-state index < -0.39 is 10.8 Å². The molecule has 1 unspecified atom stereocenters. The van der Waals surface area contributed by atoms with Crippen LogP contribution in [0, 0.1) is 0 Å². The average molecular weight is 313 g/mol. The Kier molecular flexibility index (Phi) is 3.33. The van der Waals surface area contributed by atoms with E-state index in [9.17, 15) is 14.4 Å². The zero-order valence-electron chi connectivity index (χ0n) is 9.07. The number of carboxylic acid groups (broad SMARTS) is 1. The van der Waals surface area contributed by atoms with E-state index in [0.29, 0.717) is 16.6 Å². The standard InChI is InChI=1S/C11H9BrN2O4/c12-6(4-9(15)16)10(17)5-1-2-7-8(3-5)14-11(18)13-7/h1-3,6H,4H2,(H,15,16)(H2,13,14,18). The van der Waals surface area contributed by atoms with Crippen molar-refractivity contribution in [1.29, 1.82) is 0 Å². The summed E-state index contributed by atoms with van der Waals surface area (Å²) in [4.78, 5) is 37.8. The molecule has 0 aliphatic carbocycles. The molecule has 18 heavy (non-hydrogen) atoms. The van der Waals surface area contributed by atoms with Crippen molar-refractivity contribution in [2.24, 2.45) is 0 Å². The smallest absolute Gasteiger partial charge is 0.323 e. The fraction of sp³-hybridized carbons (Fsp3) is 0.182. The molecule has 2 aromatic rings. The molecule has 0 aliphatic heterocycles. The number of nitrogens with one attached hydrogen (secondary N) is 2. The fourth-order valence-corrected chi connectivity index (χ4v) is 2.15. The van der Waals surface area contributed by atoms with Gasteiger partial charge in [-0.15, -0.1) is 0 Å². The van der Waals surface area contributed by atoms with Crippen LogP contribution >= 0.6 is 15.9 Å². The lowest BCUT2D eigenvalue weighted by atomic mass is 10.1. The van der Waals surface area contributed by atoms with Gasteiger partial charge in [0.05, 0.1) is 22.3 Å². The topological polar surface area (TPSA) is 103 Å². The van der Waals surface area contributed by atoms with Crippen LogP contribution in [-0.4, -0.2) is 31.7 Å². The van der Waals surface area contributed by atoms with E-state index in [0.717, 1.165) is 0 Å². The summed E-state index contributed by atoms with van der Waals surface area (Å²) in [6, 6.07) is 4.66. The number of aromatic nitrogens is 2. The quantitative estimate of drug-likeness (QED) is 0.584. The first-order valence-electron chi connectivity index (χ1n) is 5.09. The number of carbonyl (C=O) groups is 2. The number of imidazole rings is 1. The van der Waals surface area contributed by atoms with E-state index in [4.69, 9.17) is 5.11 Å². The van der Waals surface area contributed by atoms with Gasteiger partial charge in [0, 0.05) is 5.56 Å². The molecule has 0 radical (unpaired) electrons. The number of aliphatic carboxylic acids is 1. The van der Waals surface area contributed by atoms with E-state index in [2.05, 4.69) is 25.9 Å². The fourth-order valence-electron chi connectivity index (χ4n) is 1.61. The molecule has 1 aromatic carbocycles. The largest absolute Gasteiger partial charge is 0.481 e. The molecule has 0 saturated heterocycles. The van der Waals surface area contributed by atoms with Crippen LogP contribution in [-0.2, 0) is 4.79 Å². The molecule has 0 spiro atoms. The van der Waals surface area contributed by atoms with E-state index in [1.165, 1.54) is 6.07 Å². The highest BCUT2D eigenvalue weighted by Crippen LogP contribution is 2.17. The molecule has 0 aliphatic rings. The Morgan fingerprint density at radius 3 is 2.61 bits per heavy atom. The lowest BCUT2D eigenvalue weighted by Crippen LogP contribution is -2.18. The Hall–Kier alpha value is -1.89. The summed E-state index contributed by atoms with van der Waals surface area (Å²) in [5, 5.41) is 8.62. The van der Waals surface area contributed by atoms with Crippen LogP contribution in [0.4, 0.5) is 0 Å². The second-order valence-corrected chi connectivity index (χ2v) is 4.87. The number of hydrogen-bond acceptors (Lipinski definition) is 3. The predicted octanol–water partition coefficient (Wildman–Crippen LogP) is 1.28. The number of aromatic amines is 2. The first-order chi connectivity index (χ1) is 8.47. The maximum atomic E-state index is 11.9. The Balaban J connectivity index is 2.32. The van der Waals surface area contributed by atoms with Crippen LogP contribution < -0.4 is 5.69 Å².